The number of aromatic nitrogens is 2. The van der Waals surface area contributed by atoms with Gasteiger partial charge in [0.25, 0.3) is 15.9 Å². The monoisotopic (exact) mass is 558 g/mol. The first-order valence-electron chi connectivity index (χ1n) is 12.8. The molecule has 0 spiro atoms. The van der Waals surface area contributed by atoms with Gasteiger partial charge in [-0.15, -0.1) is 0 Å². The summed E-state index contributed by atoms with van der Waals surface area (Å²) in [6.07, 6.45) is -0.686. The van der Waals surface area contributed by atoms with Gasteiger partial charge in [0.15, 0.2) is 0 Å². The highest BCUT2D eigenvalue weighted by Crippen LogP contribution is 2.32. The lowest BCUT2D eigenvalue weighted by Gasteiger charge is -2.22. The Kier molecular flexibility index (Phi) is 7.07. The molecule has 3 N–H and O–H groups in total. The molecular formula is C30H30N4O5S. The molecule has 9 nitrogen and oxygen atoms in total. The quantitative estimate of drug-likeness (QED) is 0.334. The number of fused-ring (bicyclic) bond motifs is 4. The van der Waals surface area contributed by atoms with E-state index in [0.717, 1.165) is 27.8 Å². The lowest BCUT2D eigenvalue weighted by atomic mass is 9.96. The molecule has 0 saturated heterocycles. The van der Waals surface area contributed by atoms with Gasteiger partial charge in [-0.05, 0) is 68.1 Å². The topological polar surface area (TPSA) is 131 Å². The third-order valence-corrected chi connectivity index (χ3v) is 8.10. The number of benzene rings is 3. The SMILES string of the molecule is Cc1cccc(C)c1-c1cc2nc(n1)NS(=O)(=O)c1cccc(c1)C(=O)NCC(c1ccc(C(C)(C)O)cc1)O2. The zero-order valence-electron chi connectivity index (χ0n) is 22.6. The molecule has 1 aliphatic heterocycles. The summed E-state index contributed by atoms with van der Waals surface area (Å²) < 4.78 is 35.3. The molecule has 1 amide bonds. The van der Waals surface area contributed by atoms with Crippen molar-refractivity contribution in [2.24, 2.45) is 0 Å². The Hall–Kier alpha value is -4.28. The molecule has 1 atom stereocenters. The van der Waals surface area contributed by atoms with Crippen LogP contribution >= 0.6 is 0 Å². The highest BCUT2D eigenvalue weighted by molar-refractivity contribution is 7.92. The van der Waals surface area contributed by atoms with E-state index in [4.69, 9.17) is 4.74 Å². The van der Waals surface area contributed by atoms with Gasteiger partial charge in [0.2, 0.25) is 11.8 Å². The molecule has 0 fully saturated rings. The van der Waals surface area contributed by atoms with Crippen LogP contribution in [0.5, 0.6) is 5.88 Å². The maximum atomic E-state index is 13.3. The molecule has 0 radical (unpaired) electrons. The molecule has 0 saturated carbocycles. The summed E-state index contributed by atoms with van der Waals surface area (Å²) in [7, 11) is -4.12. The highest BCUT2D eigenvalue weighted by Gasteiger charge is 2.24. The maximum Gasteiger partial charge on any atom is 0.264 e. The first-order valence-corrected chi connectivity index (χ1v) is 14.3. The molecular weight excluding hydrogens is 528 g/mol. The summed E-state index contributed by atoms with van der Waals surface area (Å²) in [5.74, 6) is -0.482. The van der Waals surface area contributed by atoms with E-state index in [1.807, 2.05) is 44.2 Å². The largest absolute Gasteiger partial charge is 0.467 e. The fraction of sp³-hybridized carbons (Fsp3) is 0.233. The number of hydrogen-bond donors (Lipinski definition) is 3. The zero-order valence-corrected chi connectivity index (χ0v) is 23.4. The predicted molar refractivity (Wildman–Crippen MR) is 152 cm³/mol. The summed E-state index contributed by atoms with van der Waals surface area (Å²) >= 11 is 0. The van der Waals surface area contributed by atoms with Crippen LogP contribution in [0.1, 0.15) is 52.6 Å². The summed E-state index contributed by atoms with van der Waals surface area (Å²) in [4.78, 5) is 21.9. The van der Waals surface area contributed by atoms with Crippen LogP contribution in [0.25, 0.3) is 11.3 Å². The van der Waals surface area contributed by atoms with E-state index in [1.165, 1.54) is 24.3 Å². The molecule has 1 unspecified atom stereocenters. The summed E-state index contributed by atoms with van der Waals surface area (Å²) in [5, 5.41) is 13.2. The molecule has 40 heavy (non-hydrogen) atoms. The Morgan fingerprint density at radius 3 is 2.30 bits per heavy atom. The van der Waals surface area contributed by atoms with Crippen LogP contribution in [0.15, 0.2) is 77.7 Å². The second-order valence-electron chi connectivity index (χ2n) is 10.3. The number of sulfonamides is 1. The minimum absolute atomic E-state index is 0.0726. The van der Waals surface area contributed by atoms with Crippen LogP contribution in [0, 0.1) is 13.8 Å². The second kappa shape index (κ2) is 10.4. The van der Waals surface area contributed by atoms with Crippen molar-refractivity contribution in [3.8, 4) is 17.1 Å². The van der Waals surface area contributed by atoms with E-state index in [1.54, 1.807) is 32.0 Å². The van der Waals surface area contributed by atoms with Crippen molar-refractivity contribution in [2.45, 2.75) is 44.3 Å². The van der Waals surface area contributed by atoms with E-state index in [0.29, 0.717) is 5.69 Å². The van der Waals surface area contributed by atoms with Gasteiger partial charge in [-0.25, -0.2) is 18.1 Å². The molecule has 0 aliphatic carbocycles. The number of nitrogens with one attached hydrogen (secondary N) is 2. The van der Waals surface area contributed by atoms with Crippen molar-refractivity contribution in [2.75, 3.05) is 11.3 Å². The van der Waals surface area contributed by atoms with Gasteiger partial charge >= 0.3 is 0 Å². The van der Waals surface area contributed by atoms with Crippen molar-refractivity contribution in [3.05, 3.63) is 101 Å². The van der Waals surface area contributed by atoms with Gasteiger partial charge in [-0.3, -0.25) is 4.79 Å². The lowest BCUT2D eigenvalue weighted by Crippen LogP contribution is -2.31. The number of carbonyl (C=O) groups excluding carboxylic acids is 1. The number of hydrogen-bond acceptors (Lipinski definition) is 7. The number of aliphatic hydroxyl groups is 1. The van der Waals surface area contributed by atoms with Gasteiger partial charge in [-0.1, -0.05) is 48.5 Å². The molecule has 3 aromatic carbocycles. The van der Waals surface area contributed by atoms with Crippen molar-refractivity contribution >= 4 is 21.9 Å². The number of nitrogens with zero attached hydrogens (tertiary/aromatic N) is 2. The molecule has 4 bridgehead atoms. The molecule has 1 aliphatic rings. The summed E-state index contributed by atoms with van der Waals surface area (Å²) in [6, 6.07) is 20.5. The minimum Gasteiger partial charge on any atom is -0.467 e. The van der Waals surface area contributed by atoms with Crippen molar-refractivity contribution in [1.29, 1.82) is 0 Å². The number of anilines is 1. The van der Waals surface area contributed by atoms with E-state index < -0.39 is 27.6 Å². The van der Waals surface area contributed by atoms with E-state index in [9.17, 15) is 18.3 Å². The van der Waals surface area contributed by atoms with Crippen LogP contribution in [0.4, 0.5) is 5.95 Å². The lowest BCUT2D eigenvalue weighted by molar-refractivity contribution is 0.0785. The first-order chi connectivity index (χ1) is 18.9. The van der Waals surface area contributed by atoms with Crippen molar-refractivity contribution in [1.82, 2.24) is 15.3 Å². The van der Waals surface area contributed by atoms with Gasteiger partial charge in [0, 0.05) is 17.2 Å². The molecule has 206 valence electrons. The van der Waals surface area contributed by atoms with Crippen LogP contribution < -0.4 is 14.8 Å². The highest BCUT2D eigenvalue weighted by atomic mass is 32.2. The van der Waals surface area contributed by atoms with Gasteiger partial charge in [0.1, 0.15) is 6.10 Å². The standard InChI is InChI=1S/C30H30N4O5S/c1-18-7-5-8-19(2)27(18)24-16-26-33-29(32-24)34-40(37,38)23-10-6-9-21(15-23)28(35)31-17-25(39-26)20-11-13-22(14-12-20)30(3,4)36/h5-16,25,36H,17H2,1-4H3,(H,31,35)(H,32,33,34). The van der Waals surface area contributed by atoms with Crippen molar-refractivity contribution in [3.63, 3.8) is 0 Å². The average Bonchev–Trinajstić information content (AvgIpc) is 2.90. The number of amides is 1. The Morgan fingerprint density at radius 1 is 0.950 bits per heavy atom. The number of carbonyl (C=O) groups is 1. The smallest absolute Gasteiger partial charge is 0.264 e. The van der Waals surface area contributed by atoms with Gasteiger partial charge < -0.3 is 15.2 Å². The molecule has 2 heterocycles. The van der Waals surface area contributed by atoms with Crippen LogP contribution in [-0.2, 0) is 15.6 Å². The maximum absolute atomic E-state index is 13.3. The zero-order chi connectivity index (χ0) is 28.7. The van der Waals surface area contributed by atoms with Gasteiger partial charge in [-0.2, -0.15) is 4.98 Å². The Bertz CT molecular complexity index is 1680. The fourth-order valence-corrected chi connectivity index (χ4v) is 5.62. The molecule has 10 heteroatoms. The second-order valence-corrected chi connectivity index (χ2v) is 12.0. The Labute approximate surface area is 233 Å². The number of aryl methyl sites for hydroxylation is 2. The van der Waals surface area contributed by atoms with E-state index in [-0.39, 0.29) is 28.8 Å². The number of ether oxygens (including phenoxy) is 1. The van der Waals surface area contributed by atoms with Crippen LogP contribution in [-0.4, -0.2) is 35.9 Å². The summed E-state index contributed by atoms with van der Waals surface area (Å²) in [6.45, 7) is 7.37. The van der Waals surface area contributed by atoms with Crippen molar-refractivity contribution < 1.29 is 23.1 Å². The predicted octanol–water partition coefficient (Wildman–Crippen LogP) is 4.65. The first kappa shape index (κ1) is 27.3. The van der Waals surface area contributed by atoms with Gasteiger partial charge in [0.05, 0.1) is 22.7 Å². The third kappa shape index (κ3) is 5.68. The van der Waals surface area contributed by atoms with Crippen LogP contribution in [0.3, 0.4) is 0 Å². The Balaban J connectivity index is 1.66. The number of rotatable bonds is 3. The minimum atomic E-state index is -4.12. The van der Waals surface area contributed by atoms with E-state index in [2.05, 4.69) is 20.0 Å². The third-order valence-electron chi connectivity index (χ3n) is 6.77. The van der Waals surface area contributed by atoms with Crippen LogP contribution in [0.2, 0.25) is 0 Å². The molecule has 4 aromatic rings. The average molecular weight is 559 g/mol. The molecule has 1 aromatic heterocycles. The summed E-state index contributed by atoms with van der Waals surface area (Å²) in [5.41, 5.74) is 3.84. The normalized spacial score (nSPS) is 16.8. The fourth-order valence-electron chi connectivity index (χ4n) is 4.63. The Morgan fingerprint density at radius 2 is 1.62 bits per heavy atom. The van der Waals surface area contributed by atoms with E-state index >= 15 is 0 Å². The molecule has 5 rings (SSSR count).